The molecule has 0 aromatic rings. The lowest BCUT2D eigenvalue weighted by molar-refractivity contribution is 0.260. The zero-order valence-electron chi connectivity index (χ0n) is 7.01. The van der Waals surface area contributed by atoms with Gasteiger partial charge in [0.1, 0.15) is 0 Å². The van der Waals surface area contributed by atoms with Crippen LogP contribution < -0.4 is 0 Å². The second-order valence-corrected chi connectivity index (χ2v) is 7.52. The highest BCUT2D eigenvalue weighted by Gasteiger charge is 2.36. The zero-order chi connectivity index (χ0) is 11.6. The lowest BCUT2D eigenvalue weighted by Crippen LogP contribution is -1.90. The van der Waals surface area contributed by atoms with Crippen LogP contribution in [0.1, 0.15) is 0 Å². The van der Waals surface area contributed by atoms with E-state index in [9.17, 15) is 13.7 Å². The van der Waals surface area contributed by atoms with Crippen molar-refractivity contribution in [3.63, 3.8) is 0 Å². The molecule has 0 aliphatic rings. The van der Waals surface area contributed by atoms with Gasteiger partial charge in [-0.15, -0.1) is 0 Å². The van der Waals surface area contributed by atoms with E-state index in [1.54, 1.807) is 0 Å². The number of phosphoric acid groups is 1. The van der Waals surface area contributed by atoms with Crippen molar-refractivity contribution in [2.75, 3.05) is 6.66 Å². The third kappa shape index (κ3) is 6.65. The van der Waals surface area contributed by atoms with Crippen molar-refractivity contribution in [3.05, 3.63) is 12.4 Å². The van der Waals surface area contributed by atoms with E-state index >= 15 is 0 Å². The van der Waals surface area contributed by atoms with Crippen molar-refractivity contribution in [2.24, 2.45) is 0 Å². The molecule has 8 nitrogen and oxygen atoms in total. The summed E-state index contributed by atoms with van der Waals surface area (Å²) in [7, 11) is -13.8. The first-order chi connectivity index (χ1) is 5.97. The topological polar surface area (TPSA) is 130 Å². The molecule has 0 aromatic carbocycles. The molecule has 0 saturated carbocycles. The van der Waals surface area contributed by atoms with E-state index in [1.165, 1.54) is 0 Å². The van der Waals surface area contributed by atoms with Crippen LogP contribution in [0.3, 0.4) is 0 Å². The SMILES string of the molecule is C=CP(=O)(O)OP(=O)(O)OP(C)(=O)O. The molecular weight excluding hydrogens is 257 g/mol. The molecule has 14 heavy (non-hydrogen) atoms. The fourth-order valence-corrected chi connectivity index (χ4v) is 3.76. The largest absolute Gasteiger partial charge is 0.486 e. The summed E-state index contributed by atoms with van der Waals surface area (Å²) in [5, 5.41) is 0. The smallest absolute Gasteiger partial charge is 0.324 e. The lowest BCUT2D eigenvalue weighted by Gasteiger charge is -2.14. The lowest BCUT2D eigenvalue weighted by atomic mass is 11.3. The van der Waals surface area contributed by atoms with Gasteiger partial charge in [-0.2, -0.15) is 0 Å². The highest BCUT2D eigenvalue weighted by molar-refractivity contribution is 7.70. The molecule has 0 aliphatic carbocycles. The molecule has 0 aliphatic heterocycles. The van der Waals surface area contributed by atoms with Crippen LogP contribution in [0.5, 0.6) is 0 Å². The van der Waals surface area contributed by atoms with Gasteiger partial charge in [-0.1, -0.05) is 6.58 Å². The average Bonchev–Trinajstić information content (AvgIpc) is 1.78. The van der Waals surface area contributed by atoms with E-state index in [0.717, 1.165) is 0 Å². The van der Waals surface area contributed by atoms with Gasteiger partial charge in [0.15, 0.2) is 0 Å². The molecular formula is C3H9O8P3. The van der Waals surface area contributed by atoms with Crippen LogP contribution >= 0.6 is 23.0 Å². The average molecular weight is 266 g/mol. The Balaban J connectivity index is 4.68. The van der Waals surface area contributed by atoms with E-state index in [0.29, 0.717) is 12.5 Å². The van der Waals surface area contributed by atoms with Crippen molar-refractivity contribution in [1.82, 2.24) is 0 Å². The van der Waals surface area contributed by atoms with Crippen molar-refractivity contribution in [1.29, 1.82) is 0 Å². The minimum Gasteiger partial charge on any atom is -0.324 e. The quantitative estimate of drug-likeness (QED) is 0.634. The van der Waals surface area contributed by atoms with Gasteiger partial charge >= 0.3 is 23.0 Å². The molecule has 0 bridgehead atoms. The van der Waals surface area contributed by atoms with Crippen LogP contribution in [0.25, 0.3) is 0 Å². The second kappa shape index (κ2) is 4.39. The summed E-state index contributed by atoms with van der Waals surface area (Å²) in [6, 6.07) is 0. The normalized spacial score (nSPS) is 24.3. The summed E-state index contributed by atoms with van der Waals surface area (Å²) in [6.07, 6.45) is 0. The highest BCUT2D eigenvalue weighted by atomic mass is 31.3. The first-order valence-electron chi connectivity index (χ1n) is 2.99. The number of rotatable bonds is 5. The maximum atomic E-state index is 10.8. The number of hydrogen-bond acceptors (Lipinski definition) is 5. The maximum absolute atomic E-state index is 10.8. The standard InChI is InChI=1S/C3H9O8P3/c1-3-13(6,7)11-14(8,9)10-12(2,4)5/h3H,1H2,2H3,(H,4,5)(H,6,7)(H,8,9). The minimum atomic E-state index is -5.05. The molecule has 84 valence electrons. The fraction of sp³-hybridized carbons (Fsp3) is 0.333. The molecule has 3 atom stereocenters. The summed E-state index contributed by atoms with van der Waals surface area (Å²) in [4.78, 5) is 25.9. The van der Waals surface area contributed by atoms with Gasteiger partial charge in [0.05, 0.1) is 0 Å². The van der Waals surface area contributed by atoms with Gasteiger partial charge in [-0.05, 0) is 0 Å². The van der Waals surface area contributed by atoms with Gasteiger partial charge < -0.3 is 14.7 Å². The van der Waals surface area contributed by atoms with Crippen molar-refractivity contribution >= 4 is 23.0 Å². The Morgan fingerprint density at radius 2 is 1.57 bits per heavy atom. The van der Waals surface area contributed by atoms with E-state index in [2.05, 4.69) is 15.2 Å². The molecule has 0 heterocycles. The van der Waals surface area contributed by atoms with Crippen LogP contribution in [0, 0.1) is 0 Å². The Morgan fingerprint density at radius 1 is 1.14 bits per heavy atom. The van der Waals surface area contributed by atoms with Gasteiger partial charge in [-0.3, -0.25) is 9.13 Å². The predicted octanol–water partition coefficient (Wildman–Crippen LogP) is 1.26. The number of hydrogen-bond donors (Lipinski definition) is 3. The monoisotopic (exact) mass is 266 g/mol. The Kier molecular flexibility index (Phi) is 4.46. The van der Waals surface area contributed by atoms with Crippen molar-refractivity contribution in [2.45, 2.75) is 0 Å². The summed E-state index contributed by atoms with van der Waals surface area (Å²) in [5.74, 6) is 0.386. The van der Waals surface area contributed by atoms with Crippen LogP contribution in [0.2, 0.25) is 0 Å². The van der Waals surface area contributed by atoms with E-state index in [1.807, 2.05) is 0 Å². The molecule has 0 fully saturated rings. The third-order valence-corrected chi connectivity index (χ3v) is 4.97. The molecule has 0 amide bonds. The Morgan fingerprint density at radius 3 is 1.86 bits per heavy atom. The van der Waals surface area contributed by atoms with Crippen LogP contribution in [0.4, 0.5) is 0 Å². The first kappa shape index (κ1) is 14.2. The molecule has 0 spiro atoms. The van der Waals surface area contributed by atoms with E-state index < -0.39 is 23.0 Å². The van der Waals surface area contributed by atoms with Crippen LogP contribution in [-0.2, 0) is 22.3 Å². The third-order valence-electron chi connectivity index (χ3n) is 0.706. The fourth-order valence-electron chi connectivity index (χ4n) is 0.388. The summed E-state index contributed by atoms with van der Waals surface area (Å²) >= 11 is 0. The molecule has 11 heteroatoms. The molecule has 0 aromatic heterocycles. The Hall–Kier alpha value is 0.230. The molecule has 0 radical (unpaired) electrons. The maximum Gasteiger partial charge on any atom is 0.486 e. The van der Waals surface area contributed by atoms with Gasteiger partial charge in [-0.25, -0.2) is 13.2 Å². The minimum absolute atomic E-state index is 0.386. The Bertz CT molecular complexity index is 353. The summed E-state index contributed by atoms with van der Waals surface area (Å²) < 4.78 is 39.4. The summed E-state index contributed by atoms with van der Waals surface area (Å²) in [6.45, 7) is 3.48. The van der Waals surface area contributed by atoms with Crippen molar-refractivity contribution < 1.29 is 37.0 Å². The van der Waals surface area contributed by atoms with Crippen LogP contribution in [0.15, 0.2) is 12.4 Å². The van der Waals surface area contributed by atoms with Gasteiger partial charge in [0.25, 0.3) is 0 Å². The summed E-state index contributed by atoms with van der Waals surface area (Å²) in [5.41, 5.74) is 0. The molecule has 3 N–H and O–H groups in total. The predicted molar refractivity (Wildman–Crippen MR) is 47.8 cm³/mol. The highest BCUT2D eigenvalue weighted by Crippen LogP contribution is 2.66. The zero-order valence-corrected chi connectivity index (χ0v) is 9.69. The Labute approximate surface area is 79.9 Å². The molecule has 3 unspecified atom stereocenters. The second-order valence-electron chi connectivity index (χ2n) is 2.18. The molecule has 0 rings (SSSR count). The van der Waals surface area contributed by atoms with Gasteiger partial charge in [0, 0.05) is 12.5 Å². The van der Waals surface area contributed by atoms with Crippen LogP contribution in [-0.4, -0.2) is 21.3 Å². The van der Waals surface area contributed by atoms with Crippen molar-refractivity contribution in [3.8, 4) is 0 Å². The van der Waals surface area contributed by atoms with Gasteiger partial charge in [0.2, 0.25) is 0 Å². The first-order valence-corrected chi connectivity index (χ1v) is 8.16. The van der Waals surface area contributed by atoms with E-state index in [-0.39, 0.29) is 0 Å². The molecule has 0 saturated heterocycles. The van der Waals surface area contributed by atoms with E-state index in [4.69, 9.17) is 14.7 Å².